The van der Waals surface area contributed by atoms with Crippen molar-refractivity contribution in [3.63, 3.8) is 0 Å². The fourth-order valence-electron chi connectivity index (χ4n) is 1.58. The van der Waals surface area contributed by atoms with Crippen LogP contribution in [0.5, 0.6) is 0 Å². The lowest BCUT2D eigenvalue weighted by Gasteiger charge is -2.05. The lowest BCUT2D eigenvalue weighted by molar-refractivity contribution is 1.07. The van der Waals surface area contributed by atoms with Gasteiger partial charge in [0.25, 0.3) is 0 Å². The summed E-state index contributed by atoms with van der Waals surface area (Å²) in [6, 6.07) is 4.03. The summed E-state index contributed by atoms with van der Waals surface area (Å²) in [4.78, 5) is 4.07. The zero-order valence-electron chi connectivity index (χ0n) is 7.54. The van der Waals surface area contributed by atoms with Crippen LogP contribution in [0.15, 0.2) is 6.07 Å². The van der Waals surface area contributed by atoms with E-state index in [9.17, 15) is 0 Å². The van der Waals surface area contributed by atoms with Crippen molar-refractivity contribution in [2.24, 2.45) is 0 Å². The van der Waals surface area contributed by atoms with Crippen molar-refractivity contribution in [1.82, 2.24) is 4.98 Å². The van der Waals surface area contributed by atoms with Crippen molar-refractivity contribution >= 4 is 5.82 Å². The third kappa shape index (κ3) is 1.35. The van der Waals surface area contributed by atoms with Crippen molar-refractivity contribution in [2.75, 3.05) is 5.73 Å². The van der Waals surface area contributed by atoms with Crippen LogP contribution in [0.2, 0.25) is 0 Å². The molecule has 3 heteroatoms. The topological polar surface area (TPSA) is 62.7 Å². The van der Waals surface area contributed by atoms with Crippen molar-refractivity contribution in [2.45, 2.75) is 25.7 Å². The number of nitrogen functional groups attached to an aromatic ring is 1. The van der Waals surface area contributed by atoms with E-state index in [-0.39, 0.29) is 0 Å². The molecule has 0 bridgehead atoms. The Morgan fingerprint density at radius 2 is 2.31 bits per heavy atom. The number of anilines is 1. The molecule has 1 saturated carbocycles. The zero-order valence-corrected chi connectivity index (χ0v) is 7.54. The summed E-state index contributed by atoms with van der Waals surface area (Å²) in [5, 5.41) is 8.94. The monoisotopic (exact) mass is 173 g/mol. The molecule has 1 fully saturated rings. The fraction of sp³-hybridized carbons (Fsp3) is 0.400. The van der Waals surface area contributed by atoms with Crippen molar-refractivity contribution < 1.29 is 0 Å². The van der Waals surface area contributed by atoms with Gasteiger partial charge >= 0.3 is 0 Å². The van der Waals surface area contributed by atoms with Gasteiger partial charge in [-0.05, 0) is 37.3 Å². The van der Waals surface area contributed by atoms with E-state index < -0.39 is 0 Å². The fourth-order valence-corrected chi connectivity index (χ4v) is 1.58. The van der Waals surface area contributed by atoms with Gasteiger partial charge in [0.1, 0.15) is 11.9 Å². The Balaban J connectivity index is 2.58. The normalized spacial score (nSPS) is 15.4. The molecule has 0 aromatic carbocycles. The molecule has 0 spiro atoms. The Labute approximate surface area is 77.2 Å². The number of aryl methyl sites for hydroxylation is 1. The summed E-state index contributed by atoms with van der Waals surface area (Å²) < 4.78 is 0. The van der Waals surface area contributed by atoms with Crippen LogP contribution >= 0.6 is 0 Å². The first-order valence-corrected chi connectivity index (χ1v) is 4.39. The Kier molecular flexibility index (Phi) is 1.70. The molecule has 1 aliphatic rings. The first kappa shape index (κ1) is 8.06. The van der Waals surface area contributed by atoms with E-state index in [0.717, 1.165) is 16.8 Å². The van der Waals surface area contributed by atoms with Crippen LogP contribution < -0.4 is 5.73 Å². The number of aromatic nitrogens is 1. The van der Waals surface area contributed by atoms with Crippen LogP contribution in [0.4, 0.5) is 5.82 Å². The van der Waals surface area contributed by atoms with E-state index in [4.69, 9.17) is 11.0 Å². The van der Waals surface area contributed by atoms with Crippen molar-refractivity contribution in [3.05, 3.63) is 22.9 Å². The van der Waals surface area contributed by atoms with E-state index >= 15 is 0 Å². The smallest absolute Gasteiger partial charge is 0.123 e. The summed E-state index contributed by atoms with van der Waals surface area (Å²) >= 11 is 0. The molecule has 0 unspecified atom stereocenters. The van der Waals surface area contributed by atoms with E-state index in [2.05, 4.69) is 11.1 Å². The standard InChI is InChI=1S/C10H11N3/c1-6-9(5-11)8(7-2-3-7)4-10(12)13-6/h4,7H,2-3H2,1H3,(H2,12,13). The summed E-state index contributed by atoms with van der Waals surface area (Å²) in [6.07, 6.45) is 2.36. The van der Waals surface area contributed by atoms with Gasteiger partial charge < -0.3 is 5.73 Å². The maximum atomic E-state index is 8.94. The van der Waals surface area contributed by atoms with Gasteiger partial charge in [-0.3, -0.25) is 0 Å². The van der Waals surface area contributed by atoms with Gasteiger partial charge in [-0.25, -0.2) is 4.98 Å². The molecule has 0 aliphatic heterocycles. The lowest BCUT2D eigenvalue weighted by atomic mass is 10.0. The third-order valence-electron chi connectivity index (χ3n) is 2.38. The molecule has 3 nitrogen and oxygen atoms in total. The second-order valence-corrected chi connectivity index (χ2v) is 3.48. The molecule has 0 amide bonds. The average molecular weight is 173 g/mol. The summed E-state index contributed by atoms with van der Waals surface area (Å²) in [7, 11) is 0. The van der Waals surface area contributed by atoms with E-state index in [1.54, 1.807) is 0 Å². The van der Waals surface area contributed by atoms with Crippen LogP contribution in [0.1, 0.15) is 35.6 Å². The van der Waals surface area contributed by atoms with Crippen molar-refractivity contribution in [1.29, 1.82) is 5.26 Å². The average Bonchev–Trinajstić information content (AvgIpc) is 2.85. The summed E-state index contributed by atoms with van der Waals surface area (Å²) in [6.45, 7) is 1.83. The number of nitrogens with zero attached hydrogens (tertiary/aromatic N) is 2. The molecule has 0 saturated heterocycles. The number of hydrogen-bond acceptors (Lipinski definition) is 3. The Morgan fingerprint density at radius 1 is 1.62 bits per heavy atom. The molecule has 1 heterocycles. The van der Waals surface area contributed by atoms with Crippen LogP contribution in [0, 0.1) is 18.3 Å². The third-order valence-corrected chi connectivity index (χ3v) is 2.38. The minimum atomic E-state index is 0.526. The maximum Gasteiger partial charge on any atom is 0.123 e. The Morgan fingerprint density at radius 3 is 2.85 bits per heavy atom. The predicted molar refractivity (Wildman–Crippen MR) is 50.1 cm³/mol. The van der Waals surface area contributed by atoms with Gasteiger partial charge in [0.05, 0.1) is 11.3 Å². The van der Waals surface area contributed by atoms with E-state index in [0.29, 0.717) is 11.7 Å². The largest absolute Gasteiger partial charge is 0.384 e. The second-order valence-electron chi connectivity index (χ2n) is 3.48. The molecule has 2 rings (SSSR count). The van der Waals surface area contributed by atoms with Gasteiger partial charge in [0, 0.05) is 0 Å². The highest BCUT2D eigenvalue weighted by Gasteiger charge is 2.27. The summed E-state index contributed by atoms with van der Waals surface area (Å²) in [5.41, 5.74) is 8.19. The van der Waals surface area contributed by atoms with E-state index in [1.807, 2.05) is 13.0 Å². The van der Waals surface area contributed by atoms with Crippen LogP contribution in [0.25, 0.3) is 0 Å². The first-order chi connectivity index (χ1) is 6.22. The van der Waals surface area contributed by atoms with Gasteiger partial charge in [0.15, 0.2) is 0 Å². The van der Waals surface area contributed by atoms with Crippen LogP contribution in [-0.2, 0) is 0 Å². The van der Waals surface area contributed by atoms with Gasteiger partial charge in [-0.1, -0.05) is 0 Å². The number of hydrogen-bond donors (Lipinski definition) is 1. The van der Waals surface area contributed by atoms with Crippen molar-refractivity contribution in [3.8, 4) is 6.07 Å². The molecular weight excluding hydrogens is 162 g/mol. The lowest BCUT2D eigenvalue weighted by Crippen LogP contribution is -1.99. The highest BCUT2D eigenvalue weighted by molar-refractivity contribution is 5.50. The molecule has 1 aliphatic carbocycles. The number of nitriles is 1. The molecule has 2 N–H and O–H groups in total. The molecule has 1 aromatic rings. The Bertz CT molecular complexity index is 386. The molecule has 13 heavy (non-hydrogen) atoms. The molecule has 0 atom stereocenters. The maximum absolute atomic E-state index is 8.94. The Hall–Kier alpha value is -1.56. The number of rotatable bonds is 1. The van der Waals surface area contributed by atoms with Gasteiger partial charge in [-0.2, -0.15) is 5.26 Å². The number of pyridine rings is 1. The zero-order chi connectivity index (χ0) is 9.42. The quantitative estimate of drug-likeness (QED) is 0.703. The highest BCUT2D eigenvalue weighted by Crippen LogP contribution is 2.42. The molecule has 1 aromatic heterocycles. The van der Waals surface area contributed by atoms with Gasteiger partial charge in [0.2, 0.25) is 0 Å². The molecule has 0 radical (unpaired) electrons. The predicted octanol–water partition coefficient (Wildman–Crippen LogP) is 1.72. The molecule has 66 valence electrons. The van der Waals surface area contributed by atoms with Crippen LogP contribution in [0.3, 0.4) is 0 Å². The number of nitrogens with two attached hydrogens (primary N) is 1. The minimum Gasteiger partial charge on any atom is -0.384 e. The van der Waals surface area contributed by atoms with Gasteiger partial charge in [-0.15, -0.1) is 0 Å². The van der Waals surface area contributed by atoms with Crippen LogP contribution in [-0.4, -0.2) is 4.98 Å². The first-order valence-electron chi connectivity index (χ1n) is 4.39. The highest BCUT2D eigenvalue weighted by atomic mass is 14.8. The molecular formula is C10H11N3. The second kappa shape index (κ2) is 2.74. The minimum absolute atomic E-state index is 0.526. The summed E-state index contributed by atoms with van der Waals surface area (Å²) in [5.74, 6) is 1.08. The SMILES string of the molecule is Cc1nc(N)cc(C2CC2)c1C#N. The van der Waals surface area contributed by atoms with E-state index in [1.165, 1.54) is 12.8 Å².